The van der Waals surface area contributed by atoms with Gasteiger partial charge >= 0.3 is 0 Å². The first-order valence-corrected chi connectivity index (χ1v) is 10.7. The number of benzene rings is 1. The summed E-state index contributed by atoms with van der Waals surface area (Å²) in [4.78, 5) is 11.8. The van der Waals surface area contributed by atoms with Crippen LogP contribution in [-0.2, 0) is 27.8 Å². The van der Waals surface area contributed by atoms with Crippen LogP contribution in [0.25, 0.3) is 0 Å². The molecular formula is C19H30N2O5S. The van der Waals surface area contributed by atoms with E-state index in [0.29, 0.717) is 44.0 Å². The van der Waals surface area contributed by atoms with Crippen molar-refractivity contribution in [3.63, 3.8) is 0 Å². The summed E-state index contributed by atoms with van der Waals surface area (Å²) in [5.74, 6) is 1.19. The van der Waals surface area contributed by atoms with Crippen LogP contribution in [0.4, 0.5) is 0 Å². The van der Waals surface area contributed by atoms with E-state index in [0.717, 1.165) is 11.1 Å². The van der Waals surface area contributed by atoms with Gasteiger partial charge in [0.1, 0.15) is 0 Å². The topological polar surface area (TPSA) is 84.9 Å². The van der Waals surface area contributed by atoms with E-state index in [1.165, 1.54) is 4.31 Å². The van der Waals surface area contributed by atoms with Crippen molar-refractivity contribution >= 4 is 15.9 Å². The molecule has 0 aliphatic carbocycles. The second-order valence-corrected chi connectivity index (χ2v) is 9.82. The van der Waals surface area contributed by atoms with E-state index in [4.69, 9.17) is 9.47 Å². The highest BCUT2D eigenvalue weighted by Crippen LogP contribution is 2.33. The molecule has 152 valence electrons. The maximum atomic E-state index is 12.7. The van der Waals surface area contributed by atoms with Crippen molar-refractivity contribution in [2.45, 2.75) is 40.2 Å². The summed E-state index contributed by atoms with van der Waals surface area (Å²) in [6, 6.07) is 3.76. The van der Waals surface area contributed by atoms with Gasteiger partial charge in [-0.3, -0.25) is 4.79 Å². The Morgan fingerprint density at radius 3 is 2.30 bits per heavy atom. The number of amides is 1. The van der Waals surface area contributed by atoms with Crippen molar-refractivity contribution in [2.75, 3.05) is 33.1 Å². The third-order valence-corrected chi connectivity index (χ3v) is 6.53. The quantitative estimate of drug-likeness (QED) is 0.710. The van der Waals surface area contributed by atoms with Crippen LogP contribution < -0.4 is 14.8 Å². The molecule has 0 aromatic heterocycles. The van der Waals surface area contributed by atoms with E-state index < -0.39 is 15.4 Å². The first kappa shape index (κ1) is 21.5. The number of methoxy groups -OCH3 is 2. The van der Waals surface area contributed by atoms with Gasteiger partial charge in [0, 0.05) is 25.0 Å². The third kappa shape index (κ3) is 5.35. The average molecular weight is 399 g/mol. The summed E-state index contributed by atoms with van der Waals surface area (Å²) >= 11 is 0. The maximum Gasteiger partial charge on any atom is 0.225 e. The fourth-order valence-electron chi connectivity index (χ4n) is 2.95. The number of ether oxygens (including phenoxy) is 2. The van der Waals surface area contributed by atoms with Crippen LogP contribution in [0.3, 0.4) is 0 Å². The van der Waals surface area contributed by atoms with Gasteiger partial charge in [0.05, 0.1) is 20.0 Å². The second-order valence-electron chi connectivity index (χ2n) is 7.73. The normalized spacial score (nSPS) is 15.1. The van der Waals surface area contributed by atoms with Gasteiger partial charge in [-0.1, -0.05) is 20.8 Å². The number of nitrogens with one attached hydrogen (secondary N) is 1. The molecule has 0 saturated carbocycles. The van der Waals surface area contributed by atoms with Crippen molar-refractivity contribution in [1.29, 1.82) is 0 Å². The van der Waals surface area contributed by atoms with Crippen molar-refractivity contribution in [3.05, 3.63) is 23.3 Å². The maximum absolute atomic E-state index is 12.7. The molecule has 1 amide bonds. The van der Waals surface area contributed by atoms with Crippen molar-refractivity contribution in [2.24, 2.45) is 5.41 Å². The Bertz CT molecular complexity index is 784. The summed E-state index contributed by atoms with van der Waals surface area (Å²) in [5.41, 5.74) is 1.54. The number of rotatable bonds is 7. The smallest absolute Gasteiger partial charge is 0.225 e. The SMILES string of the molecule is COc1cc2c(cc1OC)CN(S(=O)(=O)CCCNC(=O)C(C)(C)C)CC2. The van der Waals surface area contributed by atoms with Gasteiger partial charge in [0.15, 0.2) is 11.5 Å². The van der Waals surface area contributed by atoms with Crippen LogP contribution in [0.1, 0.15) is 38.3 Å². The number of carbonyl (C=O) groups excluding carboxylic acids is 1. The molecular weight excluding hydrogens is 368 g/mol. The third-order valence-electron chi connectivity index (χ3n) is 4.62. The highest BCUT2D eigenvalue weighted by atomic mass is 32.2. The Balaban J connectivity index is 1.98. The molecule has 1 aromatic rings. The van der Waals surface area contributed by atoms with Gasteiger partial charge in [-0.05, 0) is 36.1 Å². The van der Waals surface area contributed by atoms with E-state index in [2.05, 4.69) is 5.32 Å². The molecule has 7 nitrogen and oxygen atoms in total. The van der Waals surface area contributed by atoms with Crippen molar-refractivity contribution in [1.82, 2.24) is 9.62 Å². The number of hydrogen-bond acceptors (Lipinski definition) is 5. The minimum atomic E-state index is -3.38. The molecule has 0 atom stereocenters. The Hall–Kier alpha value is -1.80. The number of sulfonamides is 1. The first-order valence-electron chi connectivity index (χ1n) is 9.08. The van der Waals surface area contributed by atoms with Gasteiger partial charge in [0.25, 0.3) is 0 Å². The van der Waals surface area contributed by atoms with Gasteiger partial charge < -0.3 is 14.8 Å². The van der Waals surface area contributed by atoms with Crippen molar-refractivity contribution < 1.29 is 22.7 Å². The summed E-state index contributed by atoms with van der Waals surface area (Å²) in [7, 11) is -0.236. The molecule has 8 heteroatoms. The zero-order valence-electron chi connectivity index (χ0n) is 16.8. The molecule has 27 heavy (non-hydrogen) atoms. The largest absolute Gasteiger partial charge is 0.493 e. The van der Waals surface area contributed by atoms with E-state index in [1.807, 2.05) is 32.9 Å². The number of nitrogens with zero attached hydrogens (tertiary/aromatic N) is 1. The molecule has 0 spiro atoms. The number of hydrogen-bond donors (Lipinski definition) is 1. The van der Waals surface area contributed by atoms with Gasteiger partial charge in [0.2, 0.25) is 15.9 Å². The molecule has 2 rings (SSSR count). The lowest BCUT2D eigenvalue weighted by atomic mass is 9.96. The monoisotopic (exact) mass is 398 g/mol. The zero-order valence-corrected chi connectivity index (χ0v) is 17.6. The summed E-state index contributed by atoms with van der Waals surface area (Å²) in [5, 5.41) is 2.79. The molecule has 0 radical (unpaired) electrons. The molecule has 0 unspecified atom stereocenters. The molecule has 1 N–H and O–H groups in total. The number of fused-ring (bicyclic) bond motifs is 1. The van der Waals surface area contributed by atoms with E-state index >= 15 is 0 Å². The molecule has 1 heterocycles. The van der Waals surface area contributed by atoms with Crippen LogP contribution in [0, 0.1) is 5.41 Å². The minimum Gasteiger partial charge on any atom is -0.493 e. The lowest BCUT2D eigenvalue weighted by molar-refractivity contribution is -0.128. The standard InChI is InChI=1S/C19H30N2O5S/c1-19(2,3)18(22)20-8-6-10-27(23,24)21-9-7-14-11-16(25-4)17(26-5)12-15(14)13-21/h11-12H,6-10,13H2,1-5H3,(H,20,22). The fourth-order valence-corrected chi connectivity index (χ4v) is 4.42. The second kappa shape index (κ2) is 8.48. The van der Waals surface area contributed by atoms with Crippen LogP contribution in [0.2, 0.25) is 0 Å². The average Bonchev–Trinajstić information content (AvgIpc) is 2.62. The predicted molar refractivity (Wildman–Crippen MR) is 105 cm³/mol. The number of carbonyl (C=O) groups is 1. The van der Waals surface area contributed by atoms with Gasteiger partial charge in [-0.25, -0.2) is 8.42 Å². The van der Waals surface area contributed by atoms with E-state index in [9.17, 15) is 13.2 Å². The Morgan fingerprint density at radius 2 is 1.74 bits per heavy atom. The lowest BCUT2D eigenvalue weighted by Gasteiger charge is -2.29. The van der Waals surface area contributed by atoms with Crippen LogP contribution >= 0.6 is 0 Å². The summed E-state index contributed by atoms with van der Waals surface area (Å²) < 4.78 is 37.5. The molecule has 1 aromatic carbocycles. The first-order chi connectivity index (χ1) is 12.6. The minimum absolute atomic E-state index is 0.0139. The zero-order chi connectivity index (χ0) is 20.2. The highest BCUT2D eigenvalue weighted by molar-refractivity contribution is 7.89. The predicted octanol–water partition coefficient (Wildman–Crippen LogP) is 1.94. The van der Waals surface area contributed by atoms with Crippen LogP contribution in [-0.4, -0.2) is 51.7 Å². The van der Waals surface area contributed by atoms with Crippen LogP contribution in [0.15, 0.2) is 12.1 Å². The van der Waals surface area contributed by atoms with Crippen molar-refractivity contribution in [3.8, 4) is 11.5 Å². The Labute approximate surface area is 162 Å². The molecule has 0 saturated heterocycles. The Morgan fingerprint density at radius 1 is 1.15 bits per heavy atom. The molecule has 1 aliphatic rings. The van der Waals surface area contributed by atoms with E-state index in [-0.39, 0.29) is 11.7 Å². The molecule has 0 bridgehead atoms. The summed E-state index contributed by atoms with van der Waals surface area (Å²) in [6.07, 6.45) is 1.02. The lowest BCUT2D eigenvalue weighted by Crippen LogP contribution is -2.39. The Kier molecular flexibility index (Phi) is 6.75. The highest BCUT2D eigenvalue weighted by Gasteiger charge is 2.28. The fraction of sp³-hybridized carbons (Fsp3) is 0.632. The van der Waals surface area contributed by atoms with Gasteiger partial charge in [-0.15, -0.1) is 0 Å². The molecule has 1 aliphatic heterocycles. The van der Waals surface area contributed by atoms with Gasteiger partial charge in [-0.2, -0.15) is 4.31 Å². The summed E-state index contributed by atoms with van der Waals surface area (Å²) in [6.45, 7) is 6.60. The van der Waals surface area contributed by atoms with E-state index in [1.54, 1.807) is 14.2 Å². The molecule has 0 fully saturated rings. The van der Waals surface area contributed by atoms with Crippen LogP contribution in [0.5, 0.6) is 11.5 Å².